The SMILES string of the molecule is CC(C)(O)c1ccc(C2(CN)CCC(F)(F)CC2)cn1. The van der Waals surface area contributed by atoms with E-state index in [2.05, 4.69) is 4.98 Å². The first-order valence-electron chi connectivity index (χ1n) is 6.96. The van der Waals surface area contributed by atoms with E-state index in [1.165, 1.54) is 0 Å². The molecule has 3 N–H and O–H groups in total. The number of rotatable bonds is 3. The van der Waals surface area contributed by atoms with Gasteiger partial charge in [-0.2, -0.15) is 0 Å². The first-order valence-corrected chi connectivity index (χ1v) is 6.96. The standard InChI is InChI=1S/C15H22F2N2O/c1-13(2,20)12-4-3-11(9-19-12)14(10-18)5-7-15(16,17)8-6-14/h3-4,9,20H,5-8,10,18H2,1-2H3. The summed E-state index contributed by atoms with van der Waals surface area (Å²) in [6.07, 6.45) is 2.17. The van der Waals surface area contributed by atoms with Crippen molar-refractivity contribution in [1.82, 2.24) is 4.98 Å². The van der Waals surface area contributed by atoms with Crippen LogP contribution in [0.25, 0.3) is 0 Å². The molecule has 3 nitrogen and oxygen atoms in total. The van der Waals surface area contributed by atoms with Gasteiger partial charge in [0.25, 0.3) is 0 Å². The van der Waals surface area contributed by atoms with Gasteiger partial charge >= 0.3 is 0 Å². The molecular weight excluding hydrogens is 262 g/mol. The molecule has 112 valence electrons. The molecule has 20 heavy (non-hydrogen) atoms. The first-order chi connectivity index (χ1) is 9.19. The largest absolute Gasteiger partial charge is 0.384 e. The fourth-order valence-corrected chi connectivity index (χ4v) is 2.77. The van der Waals surface area contributed by atoms with E-state index in [1.807, 2.05) is 6.07 Å². The monoisotopic (exact) mass is 284 g/mol. The van der Waals surface area contributed by atoms with Crippen LogP contribution in [-0.4, -0.2) is 22.6 Å². The van der Waals surface area contributed by atoms with Gasteiger partial charge in [-0.25, -0.2) is 8.78 Å². The quantitative estimate of drug-likeness (QED) is 0.897. The van der Waals surface area contributed by atoms with Crippen LogP contribution in [0.1, 0.15) is 50.8 Å². The average Bonchev–Trinajstić information content (AvgIpc) is 2.39. The highest BCUT2D eigenvalue weighted by atomic mass is 19.3. The van der Waals surface area contributed by atoms with Crippen molar-refractivity contribution in [3.05, 3.63) is 29.6 Å². The number of aromatic nitrogens is 1. The lowest BCUT2D eigenvalue weighted by Crippen LogP contribution is -2.42. The Morgan fingerprint density at radius 2 is 1.85 bits per heavy atom. The molecule has 0 unspecified atom stereocenters. The van der Waals surface area contributed by atoms with Gasteiger partial charge in [0.05, 0.1) is 5.69 Å². The molecule has 1 aliphatic carbocycles. The maximum absolute atomic E-state index is 13.3. The molecule has 2 rings (SSSR count). The number of hydrogen-bond donors (Lipinski definition) is 2. The van der Waals surface area contributed by atoms with Gasteiger partial charge in [0.1, 0.15) is 5.60 Å². The summed E-state index contributed by atoms with van der Waals surface area (Å²) in [7, 11) is 0. The van der Waals surface area contributed by atoms with Gasteiger partial charge in [0.15, 0.2) is 0 Å². The second-order valence-corrected chi connectivity index (χ2v) is 6.33. The molecule has 0 spiro atoms. The van der Waals surface area contributed by atoms with Gasteiger partial charge in [-0.15, -0.1) is 0 Å². The number of hydrogen-bond acceptors (Lipinski definition) is 3. The molecule has 1 fully saturated rings. The number of halogens is 2. The molecule has 0 atom stereocenters. The summed E-state index contributed by atoms with van der Waals surface area (Å²) in [6, 6.07) is 3.61. The fraction of sp³-hybridized carbons (Fsp3) is 0.667. The van der Waals surface area contributed by atoms with E-state index in [4.69, 9.17) is 5.73 Å². The molecule has 0 bridgehead atoms. The Morgan fingerprint density at radius 3 is 2.25 bits per heavy atom. The second-order valence-electron chi connectivity index (χ2n) is 6.33. The molecule has 1 aromatic heterocycles. The van der Waals surface area contributed by atoms with Gasteiger partial charge in [0.2, 0.25) is 5.92 Å². The van der Waals surface area contributed by atoms with Crippen LogP contribution in [0.15, 0.2) is 18.3 Å². The number of nitrogens with two attached hydrogens (primary N) is 1. The fourth-order valence-electron chi connectivity index (χ4n) is 2.77. The maximum atomic E-state index is 13.3. The number of nitrogens with zero attached hydrogens (tertiary/aromatic N) is 1. The topological polar surface area (TPSA) is 59.1 Å². The Hall–Kier alpha value is -1.07. The predicted octanol–water partition coefficient (Wildman–Crippen LogP) is 2.71. The summed E-state index contributed by atoms with van der Waals surface area (Å²) in [6.45, 7) is 3.66. The van der Waals surface area contributed by atoms with E-state index >= 15 is 0 Å². The number of alkyl halides is 2. The average molecular weight is 284 g/mol. The van der Waals surface area contributed by atoms with Crippen LogP contribution in [0, 0.1) is 0 Å². The third-order valence-electron chi connectivity index (χ3n) is 4.33. The molecule has 0 radical (unpaired) electrons. The Labute approximate surface area is 118 Å². The third kappa shape index (κ3) is 2.99. The van der Waals surface area contributed by atoms with Crippen LogP contribution in [-0.2, 0) is 11.0 Å². The zero-order chi connectivity index (χ0) is 15.0. The summed E-state index contributed by atoms with van der Waals surface area (Å²) in [5.41, 5.74) is 5.90. The van der Waals surface area contributed by atoms with E-state index in [9.17, 15) is 13.9 Å². The molecule has 0 aliphatic heterocycles. The van der Waals surface area contributed by atoms with Gasteiger partial charge in [0, 0.05) is 31.0 Å². The van der Waals surface area contributed by atoms with Crippen LogP contribution in [0.2, 0.25) is 0 Å². The van der Waals surface area contributed by atoms with Crippen molar-refractivity contribution < 1.29 is 13.9 Å². The van der Waals surface area contributed by atoms with Gasteiger partial charge in [-0.05, 0) is 38.3 Å². The summed E-state index contributed by atoms with van der Waals surface area (Å²) < 4.78 is 26.7. The Kier molecular flexibility index (Phi) is 3.86. The molecule has 0 amide bonds. The zero-order valence-electron chi connectivity index (χ0n) is 12.0. The minimum absolute atomic E-state index is 0.128. The molecule has 1 heterocycles. The van der Waals surface area contributed by atoms with E-state index < -0.39 is 16.9 Å². The number of pyridine rings is 1. The van der Waals surface area contributed by atoms with Gasteiger partial charge < -0.3 is 10.8 Å². The van der Waals surface area contributed by atoms with Crippen molar-refractivity contribution in [2.45, 2.75) is 56.5 Å². The van der Waals surface area contributed by atoms with Crippen molar-refractivity contribution in [3.8, 4) is 0 Å². The lowest BCUT2D eigenvalue weighted by Gasteiger charge is -2.39. The normalized spacial score (nSPS) is 21.7. The highest BCUT2D eigenvalue weighted by molar-refractivity contribution is 5.27. The molecule has 5 heteroatoms. The highest BCUT2D eigenvalue weighted by Crippen LogP contribution is 2.44. The molecule has 1 saturated carbocycles. The zero-order valence-corrected chi connectivity index (χ0v) is 12.0. The van der Waals surface area contributed by atoms with Crippen LogP contribution in [0.3, 0.4) is 0 Å². The van der Waals surface area contributed by atoms with Gasteiger partial charge in [-0.3, -0.25) is 4.98 Å². The smallest absolute Gasteiger partial charge is 0.248 e. The highest BCUT2D eigenvalue weighted by Gasteiger charge is 2.43. The second kappa shape index (κ2) is 5.04. The van der Waals surface area contributed by atoms with E-state index in [1.54, 1.807) is 26.1 Å². The van der Waals surface area contributed by atoms with Crippen LogP contribution >= 0.6 is 0 Å². The number of aliphatic hydroxyl groups is 1. The Morgan fingerprint density at radius 1 is 1.25 bits per heavy atom. The maximum Gasteiger partial charge on any atom is 0.248 e. The van der Waals surface area contributed by atoms with E-state index in [0.717, 1.165) is 5.56 Å². The molecule has 0 aromatic carbocycles. The van der Waals surface area contributed by atoms with Crippen molar-refractivity contribution in [2.24, 2.45) is 5.73 Å². The van der Waals surface area contributed by atoms with E-state index in [0.29, 0.717) is 25.1 Å². The summed E-state index contributed by atoms with van der Waals surface area (Å²) in [4.78, 5) is 4.26. The summed E-state index contributed by atoms with van der Waals surface area (Å²) >= 11 is 0. The van der Waals surface area contributed by atoms with Crippen LogP contribution in [0.4, 0.5) is 8.78 Å². The Balaban J connectivity index is 2.25. The predicted molar refractivity (Wildman–Crippen MR) is 73.6 cm³/mol. The van der Waals surface area contributed by atoms with Crippen molar-refractivity contribution in [2.75, 3.05) is 6.54 Å². The van der Waals surface area contributed by atoms with Crippen molar-refractivity contribution >= 4 is 0 Å². The molecule has 1 aromatic rings. The van der Waals surface area contributed by atoms with Crippen LogP contribution < -0.4 is 5.73 Å². The van der Waals surface area contributed by atoms with Gasteiger partial charge in [-0.1, -0.05) is 6.07 Å². The lowest BCUT2D eigenvalue weighted by atomic mass is 9.69. The minimum atomic E-state index is -2.57. The molecular formula is C15H22F2N2O. The molecule has 0 saturated heterocycles. The first kappa shape index (κ1) is 15.3. The lowest BCUT2D eigenvalue weighted by molar-refractivity contribution is -0.0509. The summed E-state index contributed by atoms with van der Waals surface area (Å²) in [5.74, 6) is -2.57. The Bertz CT molecular complexity index is 456. The minimum Gasteiger partial charge on any atom is -0.384 e. The third-order valence-corrected chi connectivity index (χ3v) is 4.33. The summed E-state index contributed by atoms with van der Waals surface area (Å²) in [5, 5.41) is 9.89. The molecule has 1 aliphatic rings. The van der Waals surface area contributed by atoms with Crippen LogP contribution in [0.5, 0.6) is 0 Å². The van der Waals surface area contributed by atoms with E-state index in [-0.39, 0.29) is 12.8 Å². The van der Waals surface area contributed by atoms with Crippen molar-refractivity contribution in [3.63, 3.8) is 0 Å². The van der Waals surface area contributed by atoms with Crippen molar-refractivity contribution in [1.29, 1.82) is 0 Å².